The van der Waals surface area contributed by atoms with Gasteiger partial charge in [-0.1, -0.05) is 53.5 Å². The molecule has 0 saturated carbocycles. The Balaban J connectivity index is 0.652. The second-order valence-corrected chi connectivity index (χ2v) is 17.2. The van der Waals surface area contributed by atoms with E-state index in [4.69, 9.17) is 56.4 Å². The Kier molecular flexibility index (Phi) is 14.6. The Labute approximate surface area is 431 Å². The largest absolute Gasteiger partial charge is 0.457 e. The summed E-state index contributed by atoms with van der Waals surface area (Å²) in [6, 6.07) is 72.3. The maximum absolute atomic E-state index is 13.3. The van der Waals surface area contributed by atoms with Crippen LogP contribution in [0.3, 0.4) is 0 Å². The summed E-state index contributed by atoms with van der Waals surface area (Å²) in [6.45, 7) is 0. The van der Waals surface area contributed by atoms with Crippen LogP contribution in [0.2, 0.25) is 10.0 Å². The predicted octanol–water partition coefficient (Wildman–Crippen LogP) is 17.9. The minimum Gasteiger partial charge on any atom is -0.457 e. The van der Waals surface area contributed by atoms with E-state index >= 15 is 0 Å². The van der Waals surface area contributed by atoms with E-state index in [1.165, 1.54) is 0 Å². The Morgan fingerprint density at radius 1 is 0.315 bits per heavy atom. The molecule has 0 fully saturated rings. The average Bonchev–Trinajstić information content (AvgIpc) is 3.43. The fraction of sp³-hybridized carbons (Fsp3) is 0.0161. The van der Waals surface area contributed by atoms with Crippen LogP contribution < -0.4 is 33.2 Å². The smallest absolute Gasteiger partial charge is 0.193 e. The highest BCUT2D eigenvalue weighted by atomic mass is 35.5. The molecule has 0 spiro atoms. The number of ether oxygens (including phenoxy) is 7. The summed E-state index contributed by atoms with van der Waals surface area (Å²) in [6.07, 6.45) is -0.947. The molecule has 1 atom stereocenters. The fourth-order valence-electron chi connectivity index (χ4n) is 7.46. The number of para-hydroxylation sites is 1. The molecule has 10 aromatic rings. The molecule has 73 heavy (non-hydrogen) atoms. The molecule has 358 valence electrons. The first kappa shape index (κ1) is 47.7. The first-order valence-corrected chi connectivity index (χ1v) is 23.8. The van der Waals surface area contributed by atoms with Crippen molar-refractivity contribution in [2.75, 3.05) is 0 Å². The zero-order chi connectivity index (χ0) is 49.9. The molecule has 1 unspecified atom stereocenters. The van der Waals surface area contributed by atoms with Gasteiger partial charge in [-0.05, 0) is 218 Å². The van der Waals surface area contributed by atoms with Gasteiger partial charge in [0.1, 0.15) is 86.6 Å². The lowest BCUT2D eigenvalue weighted by molar-refractivity contribution is 0.103. The van der Waals surface area contributed by atoms with Crippen LogP contribution in [0.1, 0.15) is 33.2 Å². The van der Waals surface area contributed by atoms with Crippen LogP contribution >= 0.6 is 23.2 Å². The zero-order valence-electron chi connectivity index (χ0n) is 38.6. The molecule has 9 nitrogen and oxygen atoms in total. The van der Waals surface area contributed by atoms with Gasteiger partial charge in [0.25, 0.3) is 0 Å². The van der Waals surface area contributed by atoms with E-state index in [0.29, 0.717) is 101 Å². The molecule has 10 aromatic carbocycles. The molecule has 1 N–H and O–H groups in total. The van der Waals surface area contributed by atoms with Crippen molar-refractivity contribution in [1.82, 2.24) is 0 Å². The number of carbonyl (C=O) groups is 1. The van der Waals surface area contributed by atoms with Gasteiger partial charge in [0.15, 0.2) is 5.78 Å². The van der Waals surface area contributed by atoms with Crippen molar-refractivity contribution in [1.29, 1.82) is 0 Å². The SMILES string of the molecule is O=C(c1ccc(Oc2ccc(Oc3ccc(Oc4ccc(Oc5ccc(Oc6ccc(Oc7ccccc7)cc6)cc5)cc4)cc3)cc2)cc1)c1ccc(Oc2ccc(C(O)c3cc(Cl)ccc3Cl)cc2)cc1. The third-order valence-corrected chi connectivity index (χ3v) is 11.8. The molecule has 0 saturated heterocycles. The van der Waals surface area contributed by atoms with Gasteiger partial charge in [-0.25, -0.2) is 0 Å². The van der Waals surface area contributed by atoms with Gasteiger partial charge in [0, 0.05) is 26.7 Å². The molecule has 0 aliphatic rings. The van der Waals surface area contributed by atoms with Crippen molar-refractivity contribution in [2.24, 2.45) is 0 Å². The van der Waals surface area contributed by atoms with Crippen molar-refractivity contribution in [3.63, 3.8) is 0 Å². The second kappa shape index (κ2) is 22.4. The molecular formula is C62H42Cl2O9. The average molecular weight is 1000 g/mol. The summed E-state index contributed by atoms with van der Waals surface area (Å²) in [4.78, 5) is 13.3. The van der Waals surface area contributed by atoms with Crippen LogP contribution in [0.4, 0.5) is 0 Å². The molecule has 0 aromatic heterocycles. The Hall–Kier alpha value is -8.99. The van der Waals surface area contributed by atoms with Gasteiger partial charge in [-0.2, -0.15) is 0 Å². The molecule has 0 aliphatic heterocycles. The highest BCUT2D eigenvalue weighted by Gasteiger charge is 2.16. The molecule has 10 rings (SSSR count). The third kappa shape index (κ3) is 12.7. The number of benzene rings is 10. The Morgan fingerprint density at radius 3 is 0.849 bits per heavy atom. The number of aliphatic hydroxyl groups is 1. The molecule has 11 heteroatoms. The monoisotopic (exact) mass is 1000 g/mol. The lowest BCUT2D eigenvalue weighted by Crippen LogP contribution is -2.01. The zero-order valence-corrected chi connectivity index (χ0v) is 40.2. The Bertz CT molecular complexity index is 3410. The van der Waals surface area contributed by atoms with Crippen molar-refractivity contribution in [3.05, 3.63) is 275 Å². The van der Waals surface area contributed by atoms with E-state index in [0.717, 1.165) is 11.5 Å². The maximum atomic E-state index is 13.3. The highest BCUT2D eigenvalue weighted by molar-refractivity contribution is 6.33. The van der Waals surface area contributed by atoms with Crippen LogP contribution in [0.25, 0.3) is 0 Å². The predicted molar refractivity (Wildman–Crippen MR) is 282 cm³/mol. The van der Waals surface area contributed by atoms with Crippen molar-refractivity contribution in [3.8, 4) is 80.5 Å². The minimum absolute atomic E-state index is 0.141. The summed E-state index contributed by atoms with van der Waals surface area (Å²) in [5.74, 6) is 8.93. The fourth-order valence-corrected chi connectivity index (χ4v) is 7.86. The molecule has 0 bridgehead atoms. The van der Waals surface area contributed by atoms with Gasteiger partial charge >= 0.3 is 0 Å². The van der Waals surface area contributed by atoms with Crippen molar-refractivity contribution >= 4 is 29.0 Å². The third-order valence-electron chi connectivity index (χ3n) is 11.2. The lowest BCUT2D eigenvalue weighted by atomic mass is 10.0. The molecular weight excluding hydrogens is 960 g/mol. The standard InChI is InChI=1S/C62H42Cl2O9/c63-44-12-39-60(64)59(40-44)62(66)43-10-17-48(18-11-43)68-46-13-6-41(7-14-46)61(65)42-8-15-47(16-9-42)69-50-23-25-52(26-24-50)71-54-31-33-56(34-32-54)73-58-37-35-57(36-38-58)72-55-29-27-53(28-30-55)70-51-21-19-49(20-22-51)67-45-4-2-1-3-5-45/h1-40,62,66H. The number of halogens is 2. The van der Waals surface area contributed by atoms with E-state index < -0.39 is 6.10 Å². The van der Waals surface area contributed by atoms with Gasteiger partial charge < -0.3 is 38.3 Å². The van der Waals surface area contributed by atoms with E-state index in [-0.39, 0.29) is 5.78 Å². The van der Waals surface area contributed by atoms with Crippen LogP contribution in [0.15, 0.2) is 243 Å². The quantitative estimate of drug-likeness (QED) is 0.0842. The van der Waals surface area contributed by atoms with Crippen LogP contribution in [0.5, 0.6) is 80.5 Å². The summed E-state index contributed by atoms with van der Waals surface area (Å²) in [5.41, 5.74) is 2.17. The van der Waals surface area contributed by atoms with E-state index in [9.17, 15) is 9.90 Å². The number of hydrogen-bond donors (Lipinski definition) is 1. The minimum atomic E-state index is -0.947. The number of carbonyl (C=O) groups excluding carboxylic acids is 1. The first-order chi connectivity index (χ1) is 35.7. The molecule has 0 amide bonds. The Morgan fingerprint density at radius 2 is 0.562 bits per heavy atom. The van der Waals surface area contributed by atoms with Crippen molar-refractivity contribution < 1.29 is 43.1 Å². The van der Waals surface area contributed by atoms with Crippen LogP contribution in [0, 0.1) is 0 Å². The molecule has 0 radical (unpaired) electrons. The van der Waals surface area contributed by atoms with E-state index in [1.54, 1.807) is 91.0 Å². The maximum Gasteiger partial charge on any atom is 0.193 e. The number of hydrogen-bond acceptors (Lipinski definition) is 9. The second-order valence-electron chi connectivity index (χ2n) is 16.4. The summed E-state index contributed by atoms with van der Waals surface area (Å²) in [7, 11) is 0. The number of ketones is 1. The van der Waals surface area contributed by atoms with Gasteiger partial charge in [0.05, 0.1) is 0 Å². The van der Waals surface area contributed by atoms with Gasteiger partial charge in [0.2, 0.25) is 0 Å². The van der Waals surface area contributed by atoms with Crippen LogP contribution in [-0.4, -0.2) is 10.9 Å². The molecule has 0 aliphatic carbocycles. The topological polar surface area (TPSA) is 102 Å². The summed E-state index contributed by atoms with van der Waals surface area (Å²) < 4.78 is 42.1. The first-order valence-electron chi connectivity index (χ1n) is 23.0. The van der Waals surface area contributed by atoms with E-state index in [2.05, 4.69) is 0 Å². The highest BCUT2D eigenvalue weighted by Crippen LogP contribution is 2.35. The molecule has 0 heterocycles. The van der Waals surface area contributed by atoms with Crippen molar-refractivity contribution in [2.45, 2.75) is 6.10 Å². The summed E-state index contributed by atoms with van der Waals surface area (Å²) >= 11 is 12.4. The lowest BCUT2D eigenvalue weighted by Gasteiger charge is -2.14. The van der Waals surface area contributed by atoms with Gasteiger partial charge in [-0.15, -0.1) is 0 Å². The summed E-state index contributed by atoms with van der Waals surface area (Å²) in [5, 5.41) is 11.8. The van der Waals surface area contributed by atoms with E-state index in [1.807, 2.05) is 152 Å². The van der Waals surface area contributed by atoms with Gasteiger partial charge in [-0.3, -0.25) is 4.79 Å². The number of rotatable bonds is 18. The van der Waals surface area contributed by atoms with Crippen LogP contribution in [-0.2, 0) is 0 Å². The normalized spacial score (nSPS) is 11.2. The number of aliphatic hydroxyl groups excluding tert-OH is 1.